The molecule has 0 aromatic carbocycles. The summed E-state index contributed by atoms with van der Waals surface area (Å²) < 4.78 is 9.98. The van der Waals surface area contributed by atoms with E-state index >= 15 is 0 Å². The third kappa shape index (κ3) is 5.09. The zero-order valence-electron chi connectivity index (χ0n) is 13.1. The molecule has 0 aromatic heterocycles. The van der Waals surface area contributed by atoms with Gasteiger partial charge in [0.1, 0.15) is 6.10 Å². The summed E-state index contributed by atoms with van der Waals surface area (Å²) in [6.07, 6.45) is 8.86. The highest BCUT2D eigenvalue weighted by atomic mass is 16.6. The monoisotopic (exact) mass is 308 g/mol. The fourth-order valence-electron chi connectivity index (χ4n) is 2.78. The van der Waals surface area contributed by atoms with Gasteiger partial charge in [0.2, 0.25) is 0 Å². The molecule has 122 valence electrons. The highest BCUT2D eigenvalue weighted by Crippen LogP contribution is 2.22. The summed E-state index contributed by atoms with van der Waals surface area (Å²) in [5.74, 6) is 0.587. The van der Waals surface area contributed by atoms with Crippen LogP contribution in [-0.4, -0.2) is 31.4 Å². The third-order valence-corrected chi connectivity index (χ3v) is 3.94. The summed E-state index contributed by atoms with van der Waals surface area (Å²) in [6, 6.07) is -0.0795. The van der Waals surface area contributed by atoms with Crippen LogP contribution in [0.5, 0.6) is 0 Å². The van der Waals surface area contributed by atoms with Crippen LogP contribution in [0.4, 0.5) is 9.59 Å². The molecule has 2 N–H and O–H groups in total. The first-order valence-corrected chi connectivity index (χ1v) is 7.74. The number of methoxy groups -OCH3 is 1. The molecule has 3 unspecified atom stereocenters. The molecule has 2 aliphatic carbocycles. The van der Waals surface area contributed by atoms with Gasteiger partial charge in [-0.15, -0.1) is 0 Å². The Bertz CT molecular complexity index is 473. The molecular weight excluding hydrogens is 284 g/mol. The maximum atomic E-state index is 12.0. The molecule has 0 aliphatic heterocycles. The molecule has 0 aromatic rings. The van der Waals surface area contributed by atoms with Gasteiger partial charge in [-0.25, -0.2) is 9.59 Å². The molecule has 0 fully saturated rings. The number of hydrogen-bond acceptors (Lipinski definition) is 4. The predicted octanol–water partition coefficient (Wildman–Crippen LogP) is 2.86. The second kappa shape index (κ2) is 7.87. The minimum atomic E-state index is -0.468. The van der Waals surface area contributed by atoms with Crippen LogP contribution in [0, 0.1) is 5.92 Å². The van der Waals surface area contributed by atoms with E-state index in [0.717, 1.165) is 25.0 Å². The summed E-state index contributed by atoms with van der Waals surface area (Å²) >= 11 is 0. The zero-order chi connectivity index (χ0) is 15.9. The van der Waals surface area contributed by atoms with E-state index in [2.05, 4.69) is 28.4 Å². The fraction of sp³-hybridized carbons (Fsp3) is 0.625. The van der Waals surface area contributed by atoms with Crippen LogP contribution < -0.4 is 10.6 Å². The molecule has 0 bridgehead atoms. The van der Waals surface area contributed by atoms with E-state index < -0.39 is 12.2 Å². The van der Waals surface area contributed by atoms with Crippen molar-refractivity contribution >= 4 is 12.2 Å². The number of ether oxygens (including phenoxy) is 2. The molecule has 0 heterocycles. The van der Waals surface area contributed by atoms with Crippen molar-refractivity contribution in [3.05, 3.63) is 23.9 Å². The van der Waals surface area contributed by atoms with Crippen LogP contribution in [0.3, 0.4) is 0 Å². The Kier molecular flexibility index (Phi) is 5.86. The quantitative estimate of drug-likeness (QED) is 0.786. The van der Waals surface area contributed by atoms with Crippen LogP contribution in [0.15, 0.2) is 23.9 Å². The van der Waals surface area contributed by atoms with Gasteiger partial charge in [-0.1, -0.05) is 19.1 Å². The Morgan fingerprint density at radius 1 is 1.32 bits per heavy atom. The van der Waals surface area contributed by atoms with E-state index in [1.54, 1.807) is 0 Å². The Labute approximate surface area is 130 Å². The molecule has 22 heavy (non-hydrogen) atoms. The minimum Gasteiger partial charge on any atom is -0.453 e. The zero-order valence-corrected chi connectivity index (χ0v) is 13.1. The molecular formula is C16H24N2O4. The van der Waals surface area contributed by atoms with Crippen LogP contribution in [0.1, 0.15) is 39.0 Å². The molecule has 3 atom stereocenters. The Morgan fingerprint density at radius 2 is 2.14 bits per heavy atom. The van der Waals surface area contributed by atoms with Crippen molar-refractivity contribution in [3.8, 4) is 0 Å². The van der Waals surface area contributed by atoms with Crippen molar-refractivity contribution in [2.45, 2.75) is 51.2 Å². The molecule has 2 rings (SSSR count). The number of allylic oxidation sites excluding steroid dienone is 2. The van der Waals surface area contributed by atoms with Gasteiger partial charge in [-0.3, -0.25) is 5.32 Å². The second-order valence-electron chi connectivity index (χ2n) is 5.92. The Morgan fingerprint density at radius 3 is 2.86 bits per heavy atom. The minimum absolute atomic E-state index is 0.0795. The van der Waals surface area contributed by atoms with Gasteiger partial charge in [-0.2, -0.15) is 0 Å². The molecule has 2 aliphatic rings. The Hall–Kier alpha value is -1.98. The average Bonchev–Trinajstić information content (AvgIpc) is 2.47. The second-order valence-corrected chi connectivity index (χ2v) is 5.92. The molecule has 0 radical (unpaired) electrons. The lowest BCUT2D eigenvalue weighted by Crippen LogP contribution is -2.40. The number of rotatable bonds is 3. The van der Waals surface area contributed by atoms with Gasteiger partial charge in [0, 0.05) is 18.2 Å². The van der Waals surface area contributed by atoms with Crippen molar-refractivity contribution in [1.82, 2.24) is 10.6 Å². The van der Waals surface area contributed by atoms with Gasteiger partial charge in [0.15, 0.2) is 0 Å². The normalized spacial score (nSPS) is 27.5. The van der Waals surface area contributed by atoms with Gasteiger partial charge < -0.3 is 14.8 Å². The first-order valence-electron chi connectivity index (χ1n) is 7.74. The Balaban J connectivity index is 1.79. The largest absolute Gasteiger partial charge is 0.453 e. The number of nitrogens with one attached hydrogen (secondary N) is 2. The first-order chi connectivity index (χ1) is 10.6. The summed E-state index contributed by atoms with van der Waals surface area (Å²) in [4.78, 5) is 23.2. The van der Waals surface area contributed by atoms with Crippen molar-refractivity contribution < 1.29 is 19.1 Å². The maximum absolute atomic E-state index is 12.0. The smallest absolute Gasteiger partial charge is 0.411 e. The molecule has 0 saturated heterocycles. The summed E-state index contributed by atoms with van der Waals surface area (Å²) in [6.45, 7) is 2.17. The van der Waals surface area contributed by atoms with Crippen LogP contribution >= 0.6 is 0 Å². The average molecular weight is 308 g/mol. The van der Waals surface area contributed by atoms with E-state index in [-0.39, 0.29) is 12.1 Å². The molecule has 0 saturated carbocycles. The van der Waals surface area contributed by atoms with Gasteiger partial charge in [0.05, 0.1) is 7.11 Å². The first kappa shape index (κ1) is 16.4. The summed E-state index contributed by atoms with van der Waals surface area (Å²) in [5, 5.41) is 5.54. The topological polar surface area (TPSA) is 76.7 Å². The number of hydrogen-bond donors (Lipinski definition) is 2. The lowest BCUT2D eigenvalue weighted by atomic mass is 9.94. The molecule has 6 heteroatoms. The SMILES string of the molecule is COC(=O)NC1CC=CC(OC(=O)NC2=CCCC(C)C2)C1. The van der Waals surface area contributed by atoms with Crippen LogP contribution in [-0.2, 0) is 9.47 Å². The highest BCUT2D eigenvalue weighted by molar-refractivity contribution is 5.70. The summed E-state index contributed by atoms with van der Waals surface area (Å²) in [5.41, 5.74) is 0.938. The fourth-order valence-corrected chi connectivity index (χ4v) is 2.78. The van der Waals surface area contributed by atoms with Crippen molar-refractivity contribution in [2.75, 3.05) is 7.11 Å². The summed E-state index contributed by atoms with van der Waals surface area (Å²) in [7, 11) is 1.33. The van der Waals surface area contributed by atoms with Crippen molar-refractivity contribution in [1.29, 1.82) is 0 Å². The van der Waals surface area contributed by atoms with E-state index in [0.29, 0.717) is 18.8 Å². The third-order valence-electron chi connectivity index (χ3n) is 3.94. The van der Waals surface area contributed by atoms with E-state index in [1.165, 1.54) is 7.11 Å². The van der Waals surface area contributed by atoms with Gasteiger partial charge in [0.25, 0.3) is 0 Å². The van der Waals surface area contributed by atoms with E-state index in [9.17, 15) is 9.59 Å². The number of amides is 2. The maximum Gasteiger partial charge on any atom is 0.411 e. The molecule has 0 spiro atoms. The lowest BCUT2D eigenvalue weighted by Gasteiger charge is -2.26. The lowest BCUT2D eigenvalue weighted by molar-refractivity contribution is 0.107. The van der Waals surface area contributed by atoms with Crippen molar-refractivity contribution in [2.24, 2.45) is 5.92 Å². The van der Waals surface area contributed by atoms with Gasteiger partial charge >= 0.3 is 12.2 Å². The van der Waals surface area contributed by atoms with Crippen molar-refractivity contribution in [3.63, 3.8) is 0 Å². The predicted molar refractivity (Wildman–Crippen MR) is 82.2 cm³/mol. The number of carbonyl (C=O) groups is 2. The standard InChI is InChI=1S/C16H24N2O4/c1-11-5-3-6-12(9-11)18-16(20)22-14-8-4-7-13(10-14)17-15(19)21-2/h4,6,8,11,13-14H,3,5,7,9-10H2,1-2H3,(H,17,19)(H,18,20). The number of alkyl carbamates (subject to hydrolysis) is 2. The van der Waals surface area contributed by atoms with Crippen LogP contribution in [0.25, 0.3) is 0 Å². The molecule has 6 nitrogen and oxygen atoms in total. The van der Waals surface area contributed by atoms with Gasteiger partial charge in [-0.05, 0) is 37.7 Å². The van der Waals surface area contributed by atoms with E-state index in [4.69, 9.17) is 4.74 Å². The highest BCUT2D eigenvalue weighted by Gasteiger charge is 2.23. The molecule has 2 amide bonds. The van der Waals surface area contributed by atoms with E-state index in [1.807, 2.05) is 12.2 Å². The van der Waals surface area contributed by atoms with Crippen LogP contribution in [0.2, 0.25) is 0 Å². The number of carbonyl (C=O) groups excluding carboxylic acids is 2.